The maximum Gasteiger partial charge on any atom is 0.450 e. The van der Waals surface area contributed by atoms with Crippen molar-refractivity contribution in [3.63, 3.8) is 0 Å². The first-order valence-corrected chi connectivity index (χ1v) is 10.5. The van der Waals surface area contributed by atoms with E-state index in [4.69, 9.17) is 16.0 Å². The average molecular weight is 453 g/mol. The molecule has 0 saturated carbocycles. The predicted molar refractivity (Wildman–Crippen MR) is 112 cm³/mol. The highest BCUT2D eigenvalue weighted by molar-refractivity contribution is 6.30. The van der Waals surface area contributed by atoms with Crippen molar-refractivity contribution < 1.29 is 27.6 Å². The van der Waals surface area contributed by atoms with Crippen LogP contribution in [0.3, 0.4) is 0 Å². The van der Waals surface area contributed by atoms with Gasteiger partial charge in [0.25, 0.3) is 0 Å². The topological polar surface area (TPSA) is 54.9 Å². The first kappa shape index (κ1) is 21.7. The van der Waals surface area contributed by atoms with Crippen LogP contribution in [-0.2, 0) is 12.7 Å². The molecule has 2 atom stereocenters. The van der Waals surface area contributed by atoms with Gasteiger partial charge >= 0.3 is 6.18 Å². The summed E-state index contributed by atoms with van der Waals surface area (Å²) in [5.41, 5.74) is -1.27. The molecule has 0 bridgehead atoms. The molecule has 2 heterocycles. The lowest BCUT2D eigenvalue weighted by Gasteiger charge is -2.28. The summed E-state index contributed by atoms with van der Waals surface area (Å²) in [5, 5.41) is 10.8. The summed E-state index contributed by atoms with van der Waals surface area (Å²) in [5.74, 6) is -1.06. The Kier molecular flexibility index (Phi) is 5.75. The number of benzene rings is 2. The zero-order chi connectivity index (χ0) is 22.3. The molecule has 0 radical (unpaired) electrons. The monoisotopic (exact) mass is 452 g/mol. The van der Waals surface area contributed by atoms with Crippen molar-refractivity contribution in [3.8, 4) is 16.9 Å². The van der Waals surface area contributed by atoms with Crippen molar-refractivity contribution in [2.24, 2.45) is 5.92 Å². The highest BCUT2D eigenvalue weighted by Gasteiger charge is 2.40. The normalized spacial score (nSPS) is 19.6. The molecule has 3 aromatic rings. The van der Waals surface area contributed by atoms with Gasteiger partial charge in [0.15, 0.2) is 5.58 Å². The Morgan fingerprint density at radius 2 is 1.90 bits per heavy atom. The van der Waals surface area contributed by atoms with Crippen LogP contribution in [0.4, 0.5) is 13.2 Å². The highest BCUT2D eigenvalue weighted by atomic mass is 35.5. The Hall–Kier alpha value is -2.51. The fraction of sp³-hybridized carbons (Fsp3) is 0.348. The molecule has 2 N–H and O–H groups in total. The first-order chi connectivity index (χ1) is 14.6. The zero-order valence-electron chi connectivity index (χ0n) is 16.9. The lowest BCUT2D eigenvalue weighted by atomic mass is 9.98. The zero-order valence-corrected chi connectivity index (χ0v) is 17.6. The molecule has 0 aliphatic carbocycles. The van der Waals surface area contributed by atoms with E-state index in [0.29, 0.717) is 10.9 Å². The average Bonchev–Trinajstić information content (AvgIpc) is 2.70. The molecule has 31 heavy (non-hydrogen) atoms. The Morgan fingerprint density at radius 3 is 2.55 bits per heavy atom. The number of nitrogens with one attached hydrogen (secondary N) is 1. The van der Waals surface area contributed by atoms with Crippen molar-refractivity contribution >= 4 is 22.6 Å². The summed E-state index contributed by atoms with van der Waals surface area (Å²) in [6, 6.07) is 8.22. The van der Waals surface area contributed by atoms with E-state index in [2.05, 4.69) is 6.92 Å². The highest BCUT2D eigenvalue weighted by Crippen LogP contribution is 2.39. The quantitative estimate of drug-likeness (QED) is 0.608. The Labute approximate surface area is 181 Å². The van der Waals surface area contributed by atoms with E-state index in [0.717, 1.165) is 30.8 Å². The van der Waals surface area contributed by atoms with E-state index < -0.39 is 22.9 Å². The molecule has 1 fully saturated rings. The third kappa shape index (κ3) is 4.29. The molecule has 0 spiro atoms. The molecule has 1 aromatic heterocycles. The van der Waals surface area contributed by atoms with Crippen LogP contribution in [0.1, 0.15) is 31.1 Å². The lowest BCUT2D eigenvalue weighted by Crippen LogP contribution is -3.12. The van der Waals surface area contributed by atoms with Crippen molar-refractivity contribution in [2.75, 3.05) is 13.1 Å². The Bertz CT molecular complexity index is 1170. The molecule has 4 rings (SSSR count). The summed E-state index contributed by atoms with van der Waals surface area (Å²) in [7, 11) is 0. The summed E-state index contributed by atoms with van der Waals surface area (Å²) in [6.07, 6.45) is -2.79. The van der Waals surface area contributed by atoms with Crippen LogP contribution in [0.2, 0.25) is 5.02 Å². The second kappa shape index (κ2) is 8.20. The van der Waals surface area contributed by atoms with Gasteiger partial charge in [0.1, 0.15) is 12.3 Å². The minimum Gasteiger partial charge on any atom is -0.507 e. The van der Waals surface area contributed by atoms with Crippen LogP contribution >= 0.6 is 11.6 Å². The molecule has 164 valence electrons. The van der Waals surface area contributed by atoms with Gasteiger partial charge in [0, 0.05) is 10.9 Å². The largest absolute Gasteiger partial charge is 0.507 e. The molecule has 1 unspecified atom stereocenters. The van der Waals surface area contributed by atoms with Gasteiger partial charge in [-0.05, 0) is 42.7 Å². The predicted octanol–water partition coefficient (Wildman–Crippen LogP) is 4.65. The second-order valence-corrected chi connectivity index (χ2v) is 8.64. The summed E-state index contributed by atoms with van der Waals surface area (Å²) in [4.78, 5) is 14.3. The molecular weight excluding hydrogens is 431 g/mol. The summed E-state index contributed by atoms with van der Waals surface area (Å²) >= 11 is 5.85. The van der Waals surface area contributed by atoms with Crippen molar-refractivity contribution in [2.45, 2.75) is 32.5 Å². The van der Waals surface area contributed by atoms with E-state index in [1.807, 2.05) is 0 Å². The van der Waals surface area contributed by atoms with E-state index in [1.165, 1.54) is 36.4 Å². The molecule has 1 aliphatic rings. The number of hydrogen-bond acceptors (Lipinski definition) is 3. The molecule has 1 saturated heterocycles. The van der Waals surface area contributed by atoms with Gasteiger partial charge in [-0.25, -0.2) is 0 Å². The maximum absolute atomic E-state index is 13.9. The number of alkyl halides is 3. The van der Waals surface area contributed by atoms with Crippen molar-refractivity contribution in [1.29, 1.82) is 0 Å². The molecule has 8 heteroatoms. The smallest absolute Gasteiger partial charge is 0.450 e. The van der Waals surface area contributed by atoms with Crippen LogP contribution in [0.25, 0.3) is 22.1 Å². The van der Waals surface area contributed by atoms with E-state index in [-0.39, 0.29) is 34.4 Å². The SMILES string of the molecule is C[C@H]1CCC[NH+](Cc2c(O)ccc3c(=O)c(-c4ccc(Cl)cc4)c(C(F)(F)F)oc23)C1. The van der Waals surface area contributed by atoms with Crippen LogP contribution in [0.5, 0.6) is 5.75 Å². The fourth-order valence-corrected chi connectivity index (χ4v) is 4.49. The lowest BCUT2D eigenvalue weighted by molar-refractivity contribution is -0.922. The van der Waals surface area contributed by atoms with Crippen molar-refractivity contribution in [3.05, 3.63) is 63.0 Å². The Morgan fingerprint density at radius 1 is 1.19 bits per heavy atom. The number of aromatic hydroxyl groups is 1. The molecule has 4 nitrogen and oxygen atoms in total. The standard InChI is InChI=1S/C23H21ClF3NO3/c1-13-3-2-10-28(11-13)12-17-18(29)9-8-16-20(30)19(14-4-6-15(24)7-5-14)22(23(25,26)27)31-21(16)17/h4-9,13,29H,2-3,10-12H2,1H3/p+1/t13-/m0/s1. The van der Waals surface area contributed by atoms with Gasteiger partial charge < -0.3 is 14.4 Å². The summed E-state index contributed by atoms with van der Waals surface area (Å²) < 4.78 is 47.2. The molecular formula is C23H22ClF3NO3+. The molecule has 1 aliphatic heterocycles. The van der Waals surface area contributed by atoms with Gasteiger partial charge in [0.05, 0.1) is 29.6 Å². The number of phenolic OH excluding ortho intramolecular Hbond substituents is 1. The van der Waals surface area contributed by atoms with E-state index >= 15 is 0 Å². The first-order valence-electron chi connectivity index (χ1n) is 10.1. The number of quaternary nitrogens is 1. The second-order valence-electron chi connectivity index (χ2n) is 8.21. The number of likely N-dealkylation sites (tertiary alicyclic amines) is 1. The number of rotatable bonds is 3. The molecule has 0 amide bonds. The van der Waals surface area contributed by atoms with E-state index in [1.54, 1.807) is 0 Å². The van der Waals surface area contributed by atoms with Crippen molar-refractivity contribution in [1.82, 2.24) is 0 Å². The third-order valence-electron chi connectivity index (χ3n) is 5.82. The Balaban J connectivity index is 1.94. The number of halogens is 4. The van der Waals surface area contributed by atoms with Gasteiger partial charge in [-0.15, -0.1) is 0 Å². The van der Waals surface area contributed by atoms with Crippen LogP contribution in [-0.4, -0.2) is 18.2 Å². The number of fused-ring (bicyclic) bond motifs is 1. The fourth-order valence-electron chi connectivity index (χ4n) is 4.36. The minimum atomic E-state index is -4.89. The van der Waals surface area contributed by atoms with Gasteiger partial charge in [-0.1, -0.05) is 30.7 Å². The van der Waals surface area contributed by atoms with E-state index in [9.17, 15) is 23.1 Å². The third-order valence-corrected chi connectivity index (χ3v) is 6.07. The minimum absolute atomic E-state index is 0.00945. The summed E-state index contributed by atoms with van der Waals surface area (Å²) in [6.45, 7) is 4.10. The maximum atomic E-state index is 13.9. The van der Waals surface area contributed by atoms with Gasteiger partial charge in [-0.3, -0.25) is 4.79 Å². The number of phenols is 1. The van der Waals surface area contributed by atoms with Crippen LogP contribution in [0.15, 0.2) is 45.6 Å². The van der Waals surface area contributed by atoms with Crippen LogP contribution < -0.4 is 10.3 Å². The van der Waals surface area contributed by atoms with Crippen LogP contribution in [0, 0.1) is 5.92 Å². The van der Waals surface area contributed by atoms with Gasteiger partial charge in [-0.2, -0.15) is 13.2 Å². The number of hydrogen-bond donors (Lipinski definition) is 2. The van der Waals surface area contributed by atoms with Gasteiger partial charge in [0.2, 0.25) is 11.2 Å². The number of piperidine rings is 1. The molecule has 2 aromatic carbocycles.